The number of aromatic carboxylic acids is 2. The first-order chi connectivity index (χ1) is 65.5. The Kier molecular flexibility index (Phi) is 67.4. The number of aryl methyl sites for hydroxylation is 1. The number of nitrogens with one attached hydrogen (secondary N) is 6. The molecule has 5 amide bonds. The van der Waals surface area contributed by atoms with Gasteiger partial charge >= 0.3 is 29.8 Å². The fourth-order valence-corrected chi connectivity index (χ4v) is 13.8. The molecule has 762 valence electrons. The van der Waals surface area contributed by atoms with Crippen LogP contribution in [0.2, 0.25) is 0 Å². The van der Waals surface area contributed by atoms with Gasteiger partial charge in [-0.3, -0.25) is 67.3 Å². The predicted octanol–water partition coefficient (Wildman–Crippen LogP) is 9.41. The number of hydrogen-bond acceptors (Lipinski definition) is 28. The van der Waals surface area contributed by atoms with Crippen molar-refractivity contribution in [2.45, 2.75) is 251 Å². The highest BCUT2D eigenvalue weighted by atomic mass is 16.5. The first-order valence-corrected chi connectivity index (χ1v) is 47.9. The molecule has 1 heterocycles. The minimum Gasteiger partial charge on any atom is -0.494 e. The third-order valence-electron chi connectivity index (χ3n) is 22.1. The summed E-state index contributed by atoms with van der Waals surface area (Å²) in [6.07, 6.45) is 18.1. The van der Waals surface area contributed by atoms with Gasteiger partial charge in [0.15, 0.2) is 11.6 Å². The Morgan fingerprint density at radius 1 is 0.331 bits per heavy atom. The van der Waals surface area contributed by atoms with Gasteiger partial charge in [0.2, 0.25) is 29.5 Å². The highest BCUT2D eigenvalue weighted by Gasteiger charge is 2.36. The number of carbonyl (C=O) groups excluding carboxylic acids is 11. The highest BCUT2D eigenvalue weighted by Crippen LogP contribution is 2.24. The predicted molar refractivity (Wildman–Crippen MR) is 499 cm³/mol. The van der Waals surface area contributed by atoms with Crippen molar-refractivity contribution in [3.05, 3.63) is 89.7 Å². The van der Waals surface area contributed by atoms with Crippen molar-refractivity contribution in [2.75, 3.05) is 152 Å². The largest absolute Gasteiger partial charge is 0.494 e. The summed E-state index contributed by atoms with van der Waals surface area (Å²) in [5.74, 6) is -9.38. The van der Waals surface area contributed by atoms with Gasteiger partial charge in [0.1, 0.15) is 67.1 Å². The van der Waals surface area contributed by atoms with E-state index < -0.39 is 70.9 Å². The van der Waals surface area contributed by atoms with Crippen LogP contribution < -0.4 is 41.4 Å². The number of pyridine rings is 1. The molecular weight excluding hydrogens is 1770 g/mol. The van der Waals surface area contributed by atoms with Gasteiger partial charge in [-0.25, -0.2) is 14.4 Å². The van der Waals surface area contributed by atoms with E-state index in [9.17, 15) is 92.0 Å². The van der Waals surface area contributed by atoms with Crippen molar-refractivity contribution in [2.24, 2.45) is 17.3 Å². The molecular formula is C98H149N7O31. The Bertz CT molecular complexity index is 3970. The van der Waals surface area contributed by atoms with Gasteiger partial charge in [0.25, 0.3) is 0 Å². The number of hydrogen-bond donors (Lipinski definition) is 11. The van der Waals surface area contributed by atoms with Gasteiger partial charge in [-0.15, -0.1) is 0 Å². The number of amides is 5. The molecule has 0 aliphatic carbocycles. The van der Waals surface area contributed by atoms with E-state index in [2.05, 4.69) is 36.9 Å². The van der Waals surface area contributed by atoms with Crippen LogP contribution >= 0.6 is 0 Å². The molecule has 11 N–H and O–H groups in total. The van der Waals surface area contributed by atoms with Crippen LogP contribution in [-0.2, 0) is 111 Å². The number of benzene rings is 2. The number of Topliss-reactive ketones (excluding diaryl/α,β-unsaturated/α-hetero) is 6. The Morgan fingerprint density at radius 2 is 0.772 bits per heavy atom. The number of aliphatic carboxylic acids is 3. The Hall–Kier alpha value is -10.5. The lowest BCUT2D eigenvalue weighted by Gasteiger charge is -2.24. The van der Waals surface area contributed by atoms with E-state index in [1.165, 1.54) is 38.1 Å². The zero-order chi connectivity index (χ0) is 99.5. The van der Waals surface area contributed by atoms with Crippen LogP contribution in [0.1, 0.15) is 259 Å². The molecule has 0 aliphatic rings. The zero-order valence-electron chi connectivity index (χ0n) is 79.5. The monoisotopic (exact) mass is 1920 g/mol. The molecule has 0 fully saturated rings. The number of unbranched alkanes of at least 4 members (excludes halogenated alkanes) is 14. The number of nitrogens with zero attached hydrogens (tertiary/aromatic N) is 1. The molecule has 0 saturated carbocycles. The lowest BCUT2D eigenvalue weighted by molar-refractivity contribution is -0.144. The van der Waals surface area contributed by atoms with E-state index in [1.807, 2.05) is 0 Å². The maximum absolute atomic E-state index is 13.9. The molecule has 38 nitrogen and oxygen atoms in total. The molecule has 136 heavy (non-hydrogen) atoms. The topological polar surface area (TPSA) is 552 Å². The number of carboxylic acids is 5. The summed E-state index contributed by atoms with van der Waals surface area (Å²) in [6, 6.07) is 15.8. The van der Waals surface area contributed by atoms with Crippen molar-refractivity contribution in [1.82, 2.24) is 36.9 Å². The molecule has 3 rings (SSSR count). The second-order valence-corrected chi connectivity index (χ2v) is 33.7. The average molecular weight is 1920 g/mol. The van der Waals surface area contributed by atoms with Gasteiger partial charge in [-0.1, -0.05) is 76.7 Å². The molecule has 0 spiro atoms. The summed E-state index contributed by atoms with van der Waals surface area (Å²) in [7, 11) is 0. The lowest BCUT2D eigenvalue weighted by atomic mass is 9.81. The normalized spacial score (nSPS) is 12.2. The SMILES string of the molecule is CC(C)(C(=O)CCc1ccccn1)C(=O)CN[C@@H](CCCCNC(=O)COCCOCCCC(=O)COCCOCCNC(=O)CC[C@H](CC(=O)CCCCCCCCCOc1ccc(C(=O)O)cc1)C(=O)O)C(=O)CC[C@@H](CCCCNC(=O)COCCOCCNC(=O)COCCOCCCC(=O)CC[C@H](NC(=O)CCCCCCCCCOc1ccc(C(=O)O)cc1)C(=O)O)C(=O)O. The van der Waals surface area contributed by atoms with Crippen molar-refractivity contribution in [1.29, 1.82) is 0 Å². The molecule has 3 aromatic rings. The molecule has 4 atom stereocenters. The molecule has 0 unspecified atom stereocenters. The zero-order valence-corrected chi connectivity index (χ0v) is 79.5. The smallest absolute Gasteiger partial charge is 0.335 e. The first kappa shape index (κ1) is 120. The molecule has 0 radical (unpaired) electrons. The van der Waals surface area contributed by atoms with Crippen molar-refractivity contribution in [3.8, 4) is 11.5 Å². The summed E-state index contributed by atoms with van der Waals surface area (Å²) in [6.45, 7) is 5.77. The second kappa shape index (κ2) is 76.6. The maximum atomic E-state index is 13.9. The van der Waals surface area contributed by atoms with Crippen molar-refractivity contribution in [3.63, 3.8) is 0 Å². The summed E-state index contributed by atoms with van der Waals surface area (Å²) < 4.78 is 54.9. The van der Waals surface area contributed by atoms with E-state index in [0.717, 1.165) is 77.0 Å². The fraction of sp³-hybridized carbons (Fsp3) is 0.663. The van der Waals surface area contributed by atoms with Crippen LogP contribution in [0, 0.1) is 17.3 Å². The van der Waals surface area contributed by atoms with Crippen LogP contribution in [0.5, 0.6) is 11.5 Å². The van der Waals surface area contributed by atoms with Crippen LogP contribution in [-0.4, -0.2) is 288 Å². The van der Waals surface area contributed by atoms with Crippen LogP contribution in [0.25, 0.3) is 0 Å². The Balaban J connectivity index is 1.18. The van der Waals surface area contributed by atoms with Gasteiger partial charge in [0.05, 0.1) is 120 Å². The quantitative estimate of drug-likeness (QED) is 0.0185. The van der Waals surface area contributed by atoms with Gasteiger partial charge < -0.3 is 105 Å². The minimum absolute atomic E-state index is 0.0123. The van der Waals surface area contributed by atoms with E-state index in [0.29, 0.717) is 88.2 Å². The van der Waals surface area contributed by atoms with Crippen LogP contribution in [0.3, 0.4) is 0 Å². The fourth-order valence-electron chi connectivity index (χ4n) is 13.8. The molecule has 0 saturated heterocycles. The maximum Gasteiger partial charge on any atom is 0.335 e. The van der Waals surface area contributed by atoms with E-state index in [-0.39, 0.29) is 292 Å². The number of carbonyl (C=O) groups is 16. The third-order valence-corrected chi connectivity index (χ3v) is 22.1. The van der Waals surface area contributed by atoms with Gasteiger partial charge in [-0.2, -0.15) is 0 Å². The van der Waals surface area contributed by atoms with Crippen molar-refractivity contribution < 1.29 is 150 Å². The number of aromatic nitrogens is 1. The highest BCUT2D eigenvalue weighted by molar-refractivity contribution is 6.07. The number of rotatable bonds is 92. The van der Waals surface area contributed by atoms with Crippen LogP contribution in [0.15, 0.2) is 72.9 Å². The minimum atomic E-state index is -1.38. The molecule has 2 aromatic carbocycles. The van der Waals surface area contributed by atoms with E-state index >= 15 is 0 Å². The number of carboxylic acid groups (broad SMARTS) is 5. The van der Waals surface area contributed by atoms with Gasteiger partial charge in [0, 0.05) is 109 Å². The van der Waals surface area contributed by atoms with Gasteiger partial charge in [-0.05, 0) is 171 Å². The van der Waals surface area contributed by atoms with E-state index in [1.54, 1.807) is 48.7 Å². The number of ether oxygens (including phenoxy) is 10. The first-order valence-electron chi connectivity index (χ1n) is 47.9. The molecule has 38 heteroatoms. The molecule has 0 bridgehead atoms. The Morgan fingerprint density at radius 3 is 1.26 bits per heavy atom. The van der Waals surface area contributed by atoms with Crippen molar-refractivity contribution >= 4 is 94.1 Å². The Labute approximate surface area is 797 Å². The summed E-state index contributed by atoms with van der Waals surface area (Å²) in [5.41, 5.74) is -0.285. The van der Waals surface area contributed by atoms with E-state index in [4.69, 9.17) is 57.6 Å². The number of ketones is 6. The average Bonchev–Trinajstić information content (AvgIpc) is 0.842. The summed E-state index contributed by atoms with van der Waals surface area (Å²) in [4.78, 5) is 203. The third kappa shape index (κ3) is 62.3. The van der Waals surface area contributed by atoms with Crippen LogP contribution in [0.4, 0.5) is 0 Å². The second-order valence-electron chi connectivity index (χ2n) is 33.7. The lowest BCUT2D eigenvalue weighted by Crippen LogP contribution is -2.45. The summed E-state index contributed by atoms with van der Waals surface area (Å²) >= 11 is 0. The summed E-state index contributed by atoms with van der Waals surface area (Å²) in [5, 5.41) is 63.9. The standard InChI is InChI=1S/C98H149N7O31/c1-98(2,86(110)46-38-77-26-16-19-48-99-77)87(111)68-104-83(30-17-20-50-101-91(115)70-132-64-60-128-54-24-29-80(108)69-131-63-61-129-57-51-102-88(112)47-37-76(96(123)124)67-79(107)27-13-9-5-3-7-11-21-55-135-81-40-32-74(33-41-81)94(119)120)85(109)45-36-73(93(117)118)25-15-18-49-100-90(114)71-134-66-62-130-58-52-103-92(116)72-133-65-59-127-53-23-28-78(106)39-44-84(97(125)126)105-89(113)31-14-10-6-4-8-12-22-56-136-82-42-34-75(35-43-82)95(121)122/h16,19,26,32-35,40-43,48,73,76,83-84,104H,3-15,17-18,20-25,27-31,36-39,44-47,49-72H2,1-2H3,(H,100,114)(H,101,115)(H,102,112)(H,103,116)(H,105,113)(H,117,118)(H,119,120)(H,121,122)(H,123,124)(H,125,126)/t73-,76-,83+,84+/m1/s1. The molecule has 1 aromatic heterocycles. The molecule has 0 aliphatic heterocycles.